The molecule has 0 bridgehead atoms. The number of hydrogen-bond donors (Lipinski definition) is 0. The molecule has 0 radical (unpaired) electrons. The molecule has 43 heavy (non-hydrogen) atoms. The third-order valence-electron chi connectivity index (χ3n) is 7.27. The largest absolute Gasteiger partial charge is 0.496 e. The van der Waals surface area contributed by atoms with E-state index in [9.17, 15) is 0 Å². The molecule has 0 amide bonds. The van der Waals surface area contributed by atoms with Crippen LogP contribution in [0.25, 0.3) is 24.3 Å². The van der Waals surface area contributed by atoms with Crippen LogP contribution in [0.5, 0.6) is 34.5 Å². The van der Waals surface area contributed by atoms with Gasteiger partial charge in [0.05, 0.1) is 51.1 Å². The lowest BCUT2D eigenvalue weighted by Gasteiger charge is -2.18. The Morgan fingerprint density at radius 1 is 0.558 bits per heavy atom. The van der Waals surface area contributed by atoms with Gasteiger partial charge >= 0.3 is 0 Å². The molecule has 0 aliphatic rings. The molecule has 1 atom stereocenters. The van der Waals surface area contributed by atoms with Crippen molar-refractivity contribution in [2.45, 2.75) is 39.5 Å². The van der Waals surface area contributed by atoms with Crippen molar-refractivity contribution in [1.29, 1.82) is 0 Å². The van der Waals surface area contributed by atoms with E-state index in [0.29, 0.717) is 18.3 Å². The first-order valence-electron chi connectivity index (χ1n) is 14.4. The maximum absolute atomic E-state index is 6.53. The Hall–Kier alpha value is -3.10. The molecular weight excluding hydrogens is 676 g/mol. The monoisotopic (exact) mass is 716 g/mol. The van der Waals surface area contributed by atoms with Gasteiger partial charge in [-0.25, -0.2) is 0 Å². The van der Waals surface area contributed by atoms with Crippen molar-refractivity contribution in [2.75, 3.05) is 42.2 Å². The first kappa shape index (κ1) is 34.4. The second-order valence-electron chi connectivity index (χ2n) is 9.98. The second-order valence-corrected chi connectivity index (χ2v) is 11.7. The smallest absolute Gasteiger partial charge is 0.133 e. The van der Waals surface area contributed by atoms with Crippen molar-refractivity contribution in [1.82, 2.24) is 0 Å². The van der Waals surface area contributed by atoms with Crippen LogP contribution in [0.3, 0.4) is 0 Å². The summed E-state index contributed by atoms with van der Waals surface area (Å²) in [6.45, 7) is 5.08. The van der Waals surface area contributed by atoms with Gasteiger partial charge in [-0.2, -0.15) is 0 Å². The standard InChI is InChI=1S/C35H42Br2O6/c1-8-10-11-23(9-2)22-43-33-17-24(12-13-25-18-34(41-6)28(36)20-31(25)39-4)30(38-3)16-27(33)15-14-26-19-35(42-7)29(37)21-32(26)40-5/h12-21,23H,8-11,22H2,1-7H3/b13-12+,15-14+. The zero-order valence-corrected chi connectivity index (χ0v) is 29.3. The SMILES string of the molecule is CCCCC(CC)COc1cc(/C=C/c2cc(OC)c(Br)cc2OC)c(OC)cc1/C=C/c1cc(OC)c(Br)cc1OC. The van der Waals surface area contributed by atoms with Gasteiger partial charge in [0.15, 0.2) is 0 Å². The van der Waals surface area contributed by atoms with E-state index in [0.717, 1.165) is 72.8 Å². The van der Waals surface area contributed by atoms with Crippen LogP contribution in [0.15, 0.2) is 45.3 Å². The minimum atomic E-state index is 0.480. The van der Waals surface area contributed by atoms with Crippen LogP contribution in [0.2, 0.25) is 0 Å². The molecule has 3 aromatic rings. The lowest BCUT2D eigenvalue weighted by Crippen LogP contribution is -2.12. The van der Waals surface area contributed by atoms with E-state index in [2.05, 4.69) is 45.7 Å². The number of hydrogen-bond acceptors (Lipinski definition) is 6. The predicted octanol–water partition coefficient (Wildman–Crippen LogP) is 10.2. The number of benzene rings is 3. The Bertz CT molecular complexity index is 1420. The summed E-state index contributed by atoms with van der Waals surface area (Å²) >= 11 is 7.07. The molecule has 6 nitrogen and oxygen atoms in total. The quantitative estimate of drug-likeness (QED) is 0.138. The van der Waals surface area contributed by atoms with Gasteiger partial charge in [0.25, 0.3) is 0 Å². The highest BCUT2D eigenvalue weighted by Gasteiger charge is 2.14. The summed E-state index contributed by atoms with van der Waals surface area (Å²) in [5, 5.41) is 0. The average Bonchev–Trinajstić information content (AvgIpc) is 3.03. The molecule has 8 heteroatoms. The van der Waals surface area contributed by atoms with Crippen LogP contribution in [-0.2, 0) is 0 Å². The number of ether oxygens (including phenoxy) is 6. The fraction of sp³-hybridized carbons (Fsp3) is 0.371. The Morgan fingerprint density at radius 3 is 1.33 bits per heavy atom. The molecule has 0 aliphatic carbocycles. The first-order chi connectivity index (χ1) is 20.8. The summed E-state index contributed by atoms with van der Waals surface area (Å²) in [4.78, 5) is 0. The van der Waals surface area contributed by atoms with Crippen molar-refractivity contribution in [3.05, 3.63) is 67.6 Å². The summed E-state index contributed by atoms with van der Waals surface area (Å²) in [5.74, 6) is 4.85. The normalized spacial score (nSPS) is 12.0. The minimum Gasteiger partial charge on any atom is -0.496 e. The third kappa shape index (κ3) is 9.19. The summed E-state index contributed by atoms with van der Waals surface area (Å²) in [6.07, 6.45) is 12.6. The van der Waals surface area contributed by atoms with E-state index < -0.39 is 0 Å². The fourth-order valence-electron chi connectivity index (χ4n) is 4.65. The summed E-state index contributed by atoms with van der Waals surface area (Å²) in [7, 11) is 8.26. The van der Waals surface area contributed by atoms with Crippen LogP contribution in [0.4, 0.5) is 0 Å². The Balaban J connectivity index is 2.08. The number of rotatable bonds is 16. The van der Waals surface area contributed by atoms with Gasteiger partial charge in [0.2, 0.25) is 0 Å². The summed E-state index contributed by atoms with van der Waals surface area (Å²) in [6, 6.07) is 11.7. The van der Waals surface area contributed by atoms with Crippen molar-refractivity contribution in [3.8, 4) is 34.5 Å². The molecule has 0 fully saturated rings. The molecule has 0 saturated heterocycles. The average molecular weight is 719 g/mol. The lowest BCUT2D eigenvalue weighted by molar-refractivity contribution is 0.232. The molecule has 0 heterocycles. The third-order valence-corrected chi connectivity index (χ3v) is 8.51. The highest BCUT2D eigenvalue weighted by Crippen LogP contribution is 2.37. The Kier molecular flexibility index (Phi) is 13.8. The van der Waals surface area contributed by atoms with E-state index in [-0.39, 0.29) is 0 Å². The maximum atomic E-state index is 6.53. The van der Waals surface area contributed by atoms with Gasteiger partial charge in [-0.05, 0) is 80.6 Å². The molecule has 3 aromatic carbocycles. The van der Waals surface area contributed by atoms with E-state index in [1.165, 1.54) is 12.8 Å². The predicted molar refractivity (Wildman–Crippen MR) is 184 cm³/mol. The van der Waals surface area contributed by atoms with Crippen LogP contribution in [-0.4, -0.2) is 42.2 Å². The van der Waals surface area contributed by atoms with Gasteiger partial charge in [-0.1, -0.05) is 57.4 Å². The maximum Gasteiger partial charge on any atom is 0.133 e. The van der Waals surface area contributed by atoms with Gasteiger partial charge in [0, 0.05) is 22.3 Å². The van der Waals surface area contributed by atoms with Crippen molar-refractivity contribution in [2.24, 2.45) is 5.92 Å². The van der Waals surface area contributed by atoms with Gasteiger partial charge in [-0.15, -0.1) is 0 Å². The molecule has 1 unspecified atom stereocenters. The van der Waals surface area contributed by atoms with Gasteiger partial charge in [0.1, 0.15) is 34.5 Å². The molecule has 0 saturated carbocycles. The van der Waals surface area contributed by atoms with Crippen molar-refractivity contribution < 1.29 is 28.4 Å². The Labute approximate surface area is 273 Å². The van der Waals surface area contributed by atoms with Crippen LogP contribution in [0.1, 0.15) is 61.8 Å². The topological polar surface area (TPSA) is 55.4 Å². The zero-order valence-electron chi connectivity index (χ0n) is 26.1. The van der Waals surface area contributed by atoms with Crippen LogP contribution < -0.4 is 28.4 Å². The number of unbranched alkanes of at least 4 members (excludes halogenated alkanes) is 1. The second kappa shape index (κ2) is 17.3. The van der Waals surface area contributed by atoms with Crippen LogP contribution in [0, 0.1) is 5.92 Å². The van der Waals surface area contributed by atoms with E-state index in [1.54, 1.807) is 35.5 Å². The number of halogens is 2. The van der Waals surface area contributed by atoms with Crippen molar-refractivity contribution in [3.63, 3.8) is 0 Å². The van der Waals surface area contributed by atoms with Crippen LogP contribution >= 0.6 is 31.9 Å². The molecule has 0 spiro atoms. The molecule has 0 aliphatic heterocycles. The molecule has 0 aromatic heterocycles. The van der Waals surface area contributed by atoms with E-state index >= 15 is 0 Å². The molecule has 232 valence electrons. The first-order valence-corrected chi connectivity index (χ1v) is 15.9. The Morgan fingerprint density at radius 2 is 0.930 bits per heavy atom. The highest BCUT2D eigenvalue weighted by atomic mass is 79.9. The summed E-state index contributed by atoms with van der Waals surface area (Å²) < 4.78 is 36.3. The number of methoxy groups -OCH3 is 5. The molecule has 0 N–H and O–H groups in total. The minimum absolute atomic E-state index is 0.480. The zero-order chi connectivity index (χ0) is 31.4. The van der Waals surface area contributed by atoms with E-state index in [1.807, 2.05) is 60.7 Å². The lowest BCUT2D eigenvalue weighted by atomic mass is 10.0. The van der Waals surface area contributed by atoms with E-state index in [4.69, 9.17) is 28.4 Å². The fourth-order valence-corrected chi connectivity index (χ4v) is 5.62. The molecule has 3 rings (SSSR count). The van der Waals surface area contributed by atoms with Crippen molar-refractivity contribution >= 4 is 56.2 Å². The molecular formula is C35H42Br2O6. The highest BCUT2D eigenvalue weighted by molar-refractivity contribution is 9.11. The van der Waals surface area contributed by atoms with Gasteiger partial charge < -0.3 is 28.4 Å². The van der Waals surface area contributed by atoms with Gasteiger partial charge in [-0.3, -0.25) is 0 Å². The summed E-state index contributed by atoms with van der Waals surface area (Å²) in [5.41, 5.74) is 3.52.